The molecule has 0 aliphatic heterocycles. The second-order valence-electron chi connectivity index (χ2n) is 6.40. The Labute approximate surface area is 147 Å². The maximum Gasteiger partial charge on any atom is 0.273 e. The number of amides is 1. The summed E-state index contributed by atoms with van der Waals surface area (Å²) in [5.41, 5.74) is 2.47. The fourth-order valence-electron chi connectivity index (χ4n) is 3.01. The lowest BCUT2D eigenvalue weighted by atomic mass is 10.1. The van der Waals surface area contributed by atoms with Gasteiger partial charge in [-0.3, -0.25) is 4.79 Å². The van der Waals surface area contributed by atoms with Crippen molar-refractivity contribution in [3.05, 3.63) is 71.9 Å². The predicted molar refractivity (Wildman–Crippen MR) is 97.6 cm³/mol. The van der Waals surface area contributed by atoms with E-state index in [2.05, 4.69) is 4.98 Å². The molecule has 0 spiro atoms. The van der Waals surface area contributed by atoms with E-state index < -0.39 is 0 Å². The Kier molecular flexibility index (Phi) is 4.10. The van der Waals surface area contributed by atoms with Crippen LogP contribution < -0.4 is 4.74 Å². The number of carbonyl (C=O) groups excluding carboxylic acids is 1. The molecule has 0 atom stereocenters. The Bertz CT molecular complexity index is 901. The predicted octanol–water partition coefficient (Wildman–Crippen LogP) is 4.05. The number of hydrogen-bond acceptors (Lipinski definition) is 3. The van der Waals surface area contributed by atoms with Crippen molar-refractivity contribution in [2.75, 3.05) is 7.11 Å². The first-order chi connectivity index (χ1) is 12.2. The third kappa shape index (κ3) is 3.33. The number of para-hydroxylation sites is 1. The van der Waals surface area contributed by atoms with Gasteiger partial charge >= 0.3 is 0 Å². The van der Waals surface area contributed by atoms with Crippen LogP contribution in [0.2, 0.25) is 0 Å². The molecule has 4 nitrogen and oxygen atoms in total. The minimum atomic E-state index is 0.00377. The van der Waals surface area contributed by atoms with Crippen molar-refractivity contribution >= 4 is 16.8 Å². The molecule has 1 heterocycles. The minimum Gasteiger partial charge on any atom is -0.497 e. The topological polar surface area (TPSA) is 42.4 Å². The summed E-state index contributed by atoms with van der Waals surface area (Å²) in [7, 11) is 1.65. The van der Waals surface area contributed by atoms with Crippen molar-refractivity contribution < 1.29 is 9.53 Å². The van der Waals surface area contributed by atoms with Crippen LogP contribution in [0, 0.1) is 0 Å². The van der Waals surface area contributed by atoms with Crippen molar-refractivity contribution in [3.63, 3.8) is 0 Å². The molecule has 2 aromatic carbocycles. The second kappa shape index (κ2) is 6.55. The van der Waals surface area contributed by atoms with Crippen LogP contribution in [-0.2, 0) is 6.54 Å². The fraction of sp³-hybridized carbons (Fsp3) is 0.238. The molecule has 0 N–H and O–H groups in total. The molecular weight excluding hydrogens is 312 g/mol. The number of ether oxygens (including phenoxy) is 1. The van der Waals surface area contributed by atoms with E-state index in [1.807, 2.05) is 65.6 Å². The summed E-state index contributed by atoms with van der Waals surface area (Å²) < 4.78 is 5.20. The lowest BCUT2D eigenvalue weighted by Crippen LogP contribution is -2.33. The van der Waals surface area contributed by atoms with E-state index >= 15 is 0 Å². The van der Waals surface area contributed by atoms with Crippen LogP contribution in [0.25, 0.3) is 10.9 Å². The van der Waals surface area contributed by atoms with E-state index in [-0.39, 0.29) is 5.91 Å². The number of pyridine rings is 1. The van der Waals surface area contributed by atoms with Crippen LogP contribution in [0.4, 0.5) is 0 Å². The molecule has 25 heavy (non-hydrogen) atoms. The third-order valence-electron chi connectivity index (χ3n) is 4.58. The van der Waals surface area contributed by atoms with Crippen molar-refractivity contribution in [1.82, 2.24) is 9.88 Å². The van der Waals surface area contributed by atoms with Crippen LogP contribution in [0.3, 0.4) is 0 Å². The fourth-order valence-corrected chi connectivity index (χ4v) is 3.01. The quantitative estimate of drug-likeness (QED) is 0.708. The summed E-state index contributed by atoms with van der Waals surface area (Å²) in [4.78, 5) is 19.5. The number of fused-ring (bicyclic) bond motifs is 1. The molecule has 0 bridgehead atoms. The van der Waals surface area contributed by atoms with E-state index in [0.717, 1.165) is 35.1 Å². The zero-order chi connectivity index (χ0) is 17.2. The van der Waals surface area contributed by atoms with Gasteiger partial charge in [0.2, 0.25) is 0 Å². The maximum absolute atomic E-state index is 13.0. The van der Waals surface area contributed by atoms with Gasteiger partial charge in [0.15, 0.2) is 0 Å². The van der Waals surface area contributed by atoms with Gasteiger partial charge in [-0.15, -0.1) is 0 Å². The molecule has 4 rings (SSSR count). The molecule has 4 heteroatoms. The number of hydrogen-bond donors (Lipinski definition) is 0. The molecule has 3 aromatic rings. The summed E-state index contributed by atoms with van der Waals surface area (Å²) in [5, 5.41) is 1.05. The molecule has 126 valence electrons. The van der Waals surface area contributed by atoms with Gasteiger partial charge in [-0.05, 0) is 42.7 Å². The largest absolute Gasteiger partial charge is 0.497 e. The highest BCUT2D eigenvalue weighted by Crippen LogP contribution is 2.30. The first kappa shape index (κ1) is 15.6. The zero-order valence-corrected chi connectivity index (χ0v) is 14.2. The monoisotopic (exact) mass is 332 g/mol. The highest BCUT2D eigenvalue weighted by atomic mass is 16.5. The van der Waals surface area contributed by atoms with Crippen LogP contribution in [0.5, 0.6) is 5.75 Å². The first-order valence-electron chi connectivity index (χ1n) is 8.54. The lowest BCUT2D eigenvalue weighted by Gasteiger charge is -2.22. The Balaban J connectivity index is 1.59. The van der Waals surface area contributed by atoms with Gasteiger partial charge in [0.25, 0.3) is 5.91 Å². The van der Waals surface area contributed by atoms with Gasteiger partial charge < -0.3 is 9.64 Å². The minimum absolute atomic E-state index is 0.00377. The number of rotatable bonds is 5. The Morgan fingerprint density at radius 1 is 1.08 bits per heavy atom. The van der Waals surface area contributed by atoms with Crippen molar-refractivity contribution in [2.24, 2.45) is 0 Å². The molecule has 1 saturated carbocycles. The van der Waals surface area contributed by atoms with E-state index in [1.165, 1.54) is 0 Å². The van der Waals surface area contributed by atoms with Gasteiger partial charge in [0, 0.05) is 18.0 Å². The van der Waals surface area contributed by atoms with Gasteiger partial charge in [-0.2, -0.15) is 0 Å². The molecule has 1 amide bonds. The molecule has 0 unspecified atom stereocenters. The number of benzene rings is 2. The van der Waals surface area contributed by atoms with E-state index in [4.69, 9.17) is 4.74 Å². The summed E-state index contributed by atoms with van der Waals surface area (Å²) in [6.07, 6.45) is 2.13. The van der Waals surface area contributed by atoms with Crippen LogP contribution in [-0.4, -0.2) is 28.9 Å². The molecule has 1 aliphatic rings. The number of aromatic nitrogens is 1. The highest BCUT2D eigenvalue weighted by molar-refractivity contribution is 5.95. The molecule has 1 fully saturated rings. The van der Waals surface area contributed by atoms with E-state index in [0.29, 0.717) is 18.3 Å². The van der Waals surface area contributed by atoms with Gasteiger partial charge in [-0.1, -0.05) is 36.4 Å². The van der Waals surface area contributed by atoms with E-state index in [9.17, 15) is 4.79 Å². The summed E-state index contributed by atoms with van der Waals surface area (Å²) in [5.74, 6) is 0.827. The average Bonchev–Trinajstić information content (AvgIpc) is 3.51. The van der Waals surface area contributed by atoms with Gasteiger partial charge in [-0.25, -0.2) is 4.98 Å². The Hall–Kier alpha value is -2.88. The third-order valence-corrected chi connectivity index (χ3v) is 4.58. The number of carbonyl (C=O) groups is 1. The summed E-state index contributed by atoms with van der Waals surface area (Å²) >= 11 is 0. The van der Waals surface area contributed by atoms with Crippen LogP contribution >= 0.6 is 0 Å². The Morgan fingerprint density at radius 3 is 2.56 bits per heavy atom. The van der Waals surface area contributed by atoms with Crippen molar-refractivity contribution in [2.45, 2.75) is 25.4 Å². The molecule has 1 aliphatic carbocycles. The number of methoxy groups -OCH3 is 1. The smallest absolute Gasteiger partial charge is 0.273 e. The maximum atomic E-state index is 13.0. The second-order valence-corrected chi connectivity index (χ2v) is 6.40. The first-order valence-corrected chi connectivity index (χ1v) is 8.54. The van der Waals surface area contributed by atoms with E-state index in [1.54, 1.807) is 7.11 Å². The molecule has 1 aromatic heterocycles. The van der Waals surface area contributed by atoms with Crippen LogP contribution in [0.1, 0.15) is 28.9 Å². The van der Waals surface area contributed by atoms with Gasteiger partial charge in [0.05, 0.1) is 12.6 Å². The number of nitrogens with zero attached hydrogens (tertiary/aromatic N) is 2. The summed E-state index contributed by atoms with van der Waals surface area (Å²) in [6, 6.07) is 19.9. The Morgan fingerprint density at radius 2 is 1.84 bits per heavy atom. The zero-order valence-electron chi connectivity index (χ0n) is 14.2. The SMILES string of the molecule is COc1ccc(CN(C(=O)c2ccc3ccccc3n2)C2CC2)cc1. The molecule has 0 radical (unpaired) electrons. The standard InChI is InChI=1S/C21H20N2O2/c1-25-18-11-6-15(7-12-18)14-23(17-9-10-17)21(24)20-13-8-16-4-2-3-5-19(16)22-20/h2-8,11-13,17H,9-10,14H2,1H3. The molecular formula is C21H20N2O2. The van der Waals surface area contributed by atoms with Crippen molar-refractivity contribution in [1.29, 1.82) is 0 Å². The van der Waals surface area contributed by atoms with Crippen LogP contribution in [0.15, 0.2) is 60.7 Å². The van der Waals surface area contributed by atoms with Crippen molar-refractivity contribution in [3.8, 4) is 5.75 Å². The average molecular weight is 332 g/mol. The highest BCUT2D eigenvalue weighted by Gasteiger charge is 2.33. The summed E-state index contributed by atoms with van der Waals surface area (Å²) in [6.45, 7) is 0.599. The lowest BCUT2D eigenvalue weighted by molar-refractivity contribution is 0.0724. The van der Waals surface area contributed by atoms with Gasteiger partial charge in [0.1, 0.15) is 11.4 Å². The normalized spacial score (nSPS) is 13.6. The molecule has 0 saturated heterocycles.